The number of halogens is 1. The maximum absolute atomic E-state index is 12.1. The van der Waals surface area contributed by atoms with E-state index >= 15 is 0 Å². The highest BCUT2D eigenvalue weighted by atomic mass is 35.5. The largest absolute Gasteiger partial charge is 0.387 e. The number of imidazole rings is 1. The number of hydrogen-bond donors (Lipinski definition) is 4. The van der Waals surface area contributed by atoms with Gasteiger partial charge in [0, 0.05) is 36.6 Å². The molecule has 11 nitrogen and oxygen atoms in total. The molecule has 1 saturated heterocycles. The number of pyridine rings is 1. The van der Waals surface area contributed by atoms with Crippen LogP contribution < -0.4 is 10.6 Å². The molecule has 0 saturated carbocycles. The van der Waals surface area contributed by atoms with Crippen LogP contribution >= 0.6 is 11.6 Å². The van der Waals surface area contributed by atoms with Crippen molar-refractivity contribution in [2.75, 3.05) is 12.4 Å². The van der Waals surface area contributed by atoms with E-state index in [1.807, 2.05) is 31.2 Å². The highest BCUT2D eigenvalue weighted by Gasteiger charge is 2.47. The van der Waals surface area contributed by atoms with Gasteiger partial charge < -0.3 is 25.6 Å². The molecule has 4 aromatic rings. The first kappa shape index (κ1) is 24.1. The van der Waals surface area contributed by atoms with E-state index in [1.54, 1.807) is 18.5 Å². The number of aliphatic hydroxyl groups excluding tert-OH is 2. The lowest BCUT2D eigenvalue weighted by Gasteiger charge is -2.17. The van der Waals surface area contributed by atoms with E-state index in [0.29, 0.717) is 39.9 Å². The second-order valence-electron chi connectivity index (χ2n) is 8.50. The molecule has 1 aromatic carbocycles. The van der Waals surface area contributed by atoms with Gasteiger partial charge in [0.2, 0.25) is 0 Å². The summed E-state index contributed by atoms with van der Waals surface area (Å²) in [6, 6.07) is 9.35. The van der Waals surface area contributed by atoms with Crippen LogP contribution in [0.1, 0.15) is 17.4 Å². The van der Waals surface area contributed by atoms with Crippen molar-refractivity contribution in [2.24, 2.45) is 0 Å². The maximum atomic E-state index is 12.1. The lowest BCUT2D eigenvalue weighted by atomic mass is 10.1. The summed E-state index contributed by atoms with van der Waals surface area (Å²) in [6.45, 7) is 2.34. The Balaban J connectivity index is 1.58. The fourth-order valence-electron chi connectivity index (χ4n) is 4.11. The number of hydrogen-bond acceptors (Lipinski definition) is 9. The second-order valence-corrected chi connectivity index (χ2v) is 8.93. The van der Waals surface area contributed by atoms with E-state index in [2.05, 4.69) is 25.6 Å². The van der Waals surface area contributed by atoms with Crippen molar-refractivity contribution in [2.45, 2.75) is 38.0 Å². The lowest BCUT2D eigenvalue weighted by Crippen LogP contribution is -2.41. The lowest BCUT2D eigenvalue weighted by molar-refractivity contribution is -0.137. The number of carbonyl (C=O) groups is 1. The molecule has 0 unspecified atom stereocenters. The number of anilines is 1. The predicted octanol–water partition coefficient (Wildman–Crippen LogP) is 1.83. The van der Waals surface area contributed by atoms with Crippen LogP contribution in [0.2, 0.25) is 5.02 Å². The Morgan fingerprint density at radius 2 is 2.03 bits per heavy atom. The smallest absolute Gasteiger partial charge is 0.251 e. The summed E-state index contributed by atoms with van der Waals surface area (Å²) in [5.41, 5.74) is 3.34. The number of nitrogens with zero attached hydrogens (tertiary/aromatic N) is 5. The molecule has 1 aliphatic heterocycles. The molecule has 1 fully saturated rings. The van der Waals surface area contributed by atoms with Crippen LogP contribution in [0.4, 0.5) is 5.82 Å². The molecule has 5 rings (SSSR count). The zero-order valence-electron chi connectivity index (χ0n) is 19.5. The molecule has 4 N–H and O–H groups in total. The number of aromatic nitrogens is 5. The number of nitrogens with one attached hydrogen (secondary N) is 2. The van der Waals surface area contributed by atoms with Crippen LogP contribution in [0.5, 0.6) is 0 Å². The van der Waals surface area contributed by atoms with Gasteiger partial charge in [0.05, 0.1) is 6.33 Å². The Kier molecular flexibility index (Phi) is 6.54. The molecule has 36 heavy (non-hydrogen) atoms. The average molecular weight is 510 g/mol. The molecule has 12 heteroatoms. The Hall–Kier alpha value is -3.64. The standard InChI is InChI=1S/C24H24ClN7O4/c1-12-6-14(10-27-8-12)20-30-21(28-9-13-4-3-5-15(25)7-13)16-22(31-20)32(11-29-16)24-18(34)17(33)19(36-24)23(35)26-2/h3-8,10-11,17-19,24,33-34H,9H2,1-2H3,(H,26,35)(H,28,30,31)/t17-,18+,19-,24+/m0/s1. The van der Waals surface area contributed by atoms with Crippen molar-refractivity contribution in [3.63, 3.8) is 0 Å². The minimum Gasteiger partial charge on any atom is -0.387 e. The van der Waals surface area contributed by atoms with Gasteiger partial charge in [0.15, 0.2) is 35.1 Å². The number of carbonyl (C=O) groups excluding carboxylic acids is 1. The van der Waals surface area contributed by atoms with Gasteiger partial charge in [0.1, 0.15) is 12.2 Å². The average Bonchev–Trinajstić information content (AvgIpc) is 3.43. The van der Waals surface area contributed by atoms with Crippen LogP contribution in [-0.2, 0) is 16.1 Å². The molecule has 186 valence electrons. The number of likely N-dealkylation sites (N-methyl/N-ethyl adjacent to an activating group) is 1. The fourth-order valence-corrected chi connectivity index (χ4v) is 4.33. The van der Waals surface area contributed by atoms with E-state index in [1.165, 1.54) is 17.9 Å². The summed E-state index contributed by atoms with van der Waals surface area (Å²) in [7, 11) is 1.43. The van der Waals surface area contributed by atoms with Gasteiger partial charge in [-0.05, 0) is 36.2 Å². The molecule has 4 heterocycles. The van der Waals surface area contributed by atoms with Gasteiger partial charge in [-0.1, -0.05) is 23.7 Å². The summed E-state index contributed by atoms with van der Waals surface area (Å²) in [6.07, 6.45) is -0.312. The predicted molar refractivity (Wildman–Crippen MR) is 132 cm³/mol. The summed E-state index contributed by atoms with van der Waals surface area (Å²) in [5, 5.41) is 27.4. The quantitative estimate of drug-likeness (QED) is 0.305. The molecule has 0 bridgehead atoms. The van der Waals surface area contributed by atoms with Gasteiger partial charge in [-0.3, -0.25) is 14.3 Å². The molecular weight excluding hydrogens is 486 g/mol. The number of rotatable bonds is 6. The maximum Gasteiger partial charge on any atom is 0.251 e. The van der Waals surface area contributed by atoms with Gasteiger partial charge in [-0.2, -0.15) is 0 Å². The first-order chi connectivity index (χ1) is 17.4. The van der Waals surface area contributed by atoms with Crippen molar-refractivity contribution in [3.8, 4) is 11.4 Å². The summed E-state index contributed by atoms with van der Waals surface area (Å²) < 4.78 is 7.23. The van der Waals surface area contributed by atoms with Crippen molar-refractivity contribution in [1.82, 2.24) is 29.8 Å². The monoisotopic (exact) mass is 509 g/mol. The number of amides is 1. The van der Waals surface area contributed by atoms with Crippen LogP contribution in [0.3, 0.4) is 0 Å². The normalized spacial score (nSPS) is 21.6. The minimum absolute atomic E-state index is 0.351. The van der Waals surface area contributed by atoms with Crippen LogP contribution in [0, 0.1) is 6.92 Å². The first-order valence-electron chi connectivity index (χ1n) is 11.2. The molecule has 0 radical (unpaired) electrons. The SMILES string of the molecule is CNC(=O)[C@H]1O[C@@H](n2cnc3c(NCc4cccc(Cl)c4)nc(-c4cncc(C)c4)nc32)[C@H](O)[C@@H]1O. The summed E-state index contributed by atoms with van der Waals surface area (Å²) >= 11 is 6.13. The Labute approximate surface area is 211 Å². The van der Waals surface area contributed by atoms with Crippen molar-refractivity contribution in [1.29, 1.82) is 0 Å². The number of benzene rings is 1. The van der Waals surface area contributed by atoms with Gasteiger partial charge >= 0.3 is 0 Å². The highest BCUT2D eigenvalue weighted by molar-refractivity contribution is 6.30. The summed E-state index contributed by atoms with van der Waals surface area (Å²) in [4.78, 5) is 30.2. The second kappa shape index (κ2) is 9.78. The molecule has 0 aliphatic carbocycles. The highest BCUT2D eigenvalue weighted by Crippen LogP contribution is 2.33. The van der Waals surface area contributed by atoms with E-state index in [0.717, 1.165) is 11.1 Å². The van der Waals surface area contributed by atoms with Crippen LogP contribution in [-0.4, -0.2) is 66.0 Å². The third-order valence-electron chi connectivity index (χ3n) is 5.92. The summed E-state index contributed by atoms with van der Waals surface area (Å²) in [5.74, 6) is 0.287. The third kappa shape index (κ3) is 4.49. The number of aryl methyl sites for hydroxylation is 1. The molecule has 1 aliphatic rings. The van der Waals surface area contributed by atoms with Crippen molar-refractivity contribution in [3.05, 3.63) is 65.2 Å². The molecular formula is C24H24ClN7O4. The van der Waals surface area contributed by atoms with Crippen LogP contribution in [0.15, 0.2) is 49.1 Å². The molecule has 4 atom stereocenters. The zero-order valence-corrected chi connectivity index (χ0v) is 20.2. The Bertz CT molecular complexity index is 1430. The van der Waals surface area contributed by atoms with E-state index in [4.69, 9.17) is 21.3 Å². The topological polar surface area (TPSA) is 147 Å². The molecule has 1 amide bonds. The zero-order chi connectivity index (χ0) is 25.4. The Morgan fingerprint density at radius 3 is 2.78 bits per heavy atom. The van der Waals surface area contributed by atoms with E-state index in [-0.39, 0.29) is 0 Å². The van der Waals surface area contributed by atoms with Crippen molar-refractivity contribution >= 4 is 34.5 Å². The van der Waals surface area contributed by atoms with Gasteiger partial charge in [0.25, 0.3) is 5.91 Å². The van der Waals surface area contributed by atoms with Gasteiger partial charge in [-0.15, -0.1) is 0 Å². The van der Waals surface area contributed by atoms with E-state index < -0.39 is 30.4 Å². The Morgan fingerprint density at radius 1 is 1.19 bits per heavy atom. The van der Waals surface area contributed by atoms with Crippen molar-refractivity contribution < 1.29 is 19.7 Å². The minimum atomic E-state index is -1.42. The van der Waals surface area contributed by atoms with E-state index in [9.17, 15) is 15.0 Å². The third-order valence-corrected chi connectivity index (χ3v) is 6.16. The van der Waals surface area contributed by atoms with Gasteiger partial charge in [-0.25, -0.2) is 15.0 Å². The number of ether oxygens (including phenoxy) is 1. The molecule has 3 aromatic heterocycles. The first-order valence-corrected chi connectivity index (χ1v) is 11.6. The number of aliphatic hydroxyl groups is 2. The molecule has 0 spiro atoms. The number of fused-ring (bicyclic) bond motifs is 1. The van der Waals surface area contributed by atoms with Crippen LogP contribution in [0.25, 0.3) is 22.6 Å². The fraction of sp³-hybridized carbons (Fsp3) is 0.292.